The standard InChI is InChI=1S/C61H39N3O/c1-3-13-40(14-4-1)42-27-31-45(32-28-42)59-62-60(46-33-29-43(30-34-46)41-15-5-2-6-16-41)64-61(63-59)52-23-11-21-50(39-52)48-19-9-18-47(37-48)49-20-10-22-51(38-49)54-25-12-26-55-56-36-35-44-17-7-8-24-53(44)57(56)65-58(54)55/h1-39H. The van der Waals surface area contributed by atoms with Crippen LogP contribution < -0.4 is 0 Å². The summed E-state index contributed by atoms with van der Waals surface area (Å²) in [5, 5.41) is 4.55. The Morgan fingerprint density at radius 1 is 0.231 bits per heavy atom. The fraction of sp³-hybridized carbons (Fsp3) is 0. The van der Waals surface area contributed by atoms with Gasteiger partial charge in [-0.15, -0.1) is 0 Å². The third-order valence-corrected chi connectivity index (χ3v) is 12.3. The van der Waals surface area contributed by atoms with Gasteiger partial charge in [-0.25, -0.2) is 15.0 Å². The highest BCUT2D eigenvalue weighted by molar-refractivity contribution is 6.17. The Hall–Kier alpha value is -8.73. The minimum atomic E-state index is 0.614. The second-order valence-corrected chi connectivity index (χ2v) is 16.4. The van der Waals surface area contributed by atoms with E-state index < -0.39 is 0 Å². The van der Waals surface area contributed by atoms with Crippen molar-refractivity contribution in [3.05, 3.63) is 237 Å². The van der Waals surface area contributed by atoms with Crippen LogP contribution in [0.5, 0.6) is 0 Å². The van der Waals surface area contributed by atoms with Crippen LogP contribution in [0, 0.1) is 0 Å². The van der Waals surface area contributed by atoms with Gasteiger partial charge in [0.25, 0.3) is 0 Å². The number of rotatable bonds is 8. The van der Waals surface area contributed by atoms with E-state index in [2.05, 4.69) is 224 Å². The zero-order chi connectivity index (χ0) is 43.1. The van der Waals surface area contributed by atoms with Crippen molar-refractivity contribution in [2.24, 2.45) is 0 Å². The van der Waals surface area contributed by atoms with Crippen LogP contribution in [0.25, 0.3) is 123 Å². The summed E-state index contributed by atoms with van der Waals surface area (Å²) >= 11 is 0. The third-order valence-electron chi connectivity index (χ3n) is 12.3. The largest absolute Gasteiger partial charge is 0.455 e. The molecular weight excluding hydrogens is 791 g/mol. The summed E-state index contributed by atoms with van der Waals surface area (Å²) in [7, 11) is 0. The fourth-order valence-corrected chi connectivity index (χ4v) is 8.98. The molecule has 0 fully saturated rings. The number of hydrogen-bond donors (Lipinski definition) is 0. The van der Waals surface area contributed by atoms with Crippen molar-refractivity contribution in [1.29, 1.82) is 0 Å². The number of para-hydroxylation sites is 1. The van der Waals surface area contributed by atoms with Gasteiger partial charge >= 0.3 is 0 Å². The van der Waals surface area contributed by atoms with Crippen molar-refractivity contribution >= 4 is 32.7 Å². The van der Waals surface area contributed by atoms with E-state index in [1.165, 1.54) is 5.39 Å². The second-order valence-electron chi connectivity index (χ2n) is 16.4. The van der Waals surface area contributed by atoms with E-state index in [0.29, 0.717) is 17.5 Å². The smallest absolute Gasteiger partial charge is 0.164 e. The van der Waals surface area contributed by atoms with Crippen molar-refractivity contribution in [2.75, 3.05) is 0 Å². The van der Waals surface area contributed by atoms with Gasteiger partial charge in [-0.05, 0) is 79.7 Å². The average Bonchev–Trinajstić information content (AvgIpc) is 3.79. The molecule has 12 aromatic rings. The van der Waals surface area contributed by atoms with Crippen molar-refractivity contribution in [2.45, 2.75) is 0 Å². The second kappa shape index (κ2) is 16.2. The van der Waals surface area contributed by atoms with Crippen LogP contribution in [-0.4, -0.2) is 15.0 Å². The highest BCUT2D eigenvalue weighted by Crippen LogP contribution is 2.40. The van der Waals surface area contributed by atoms with Crippen molar-refractivity contribution in [3.8, 4) is 89.8 Å². The number of aromatic nitrogens is 3. The van der Waals surface area contributed by atoms with Gasteiger partial charge in [0.15, 0.2) is 17.5 Å². The molecule has 0 N–H and O–H groups in total. The molecule has 0 bridgehead atoms. The summed E-state index contributed by atoms with van der Waals surface area (Å²) in [6.45, 7) is 0. The summed E-state index contributed by atoms with van der Waals surface area (Å²) in [6, 6.07) is 82.9. The van der Waals surface area contributed by atoms with Gasteiger partial charge in [0.05, 0.1) is 0 Å². The Morgan fingerprint density at radius 2 is 0.615 bits per heavy atom. The lowest BCUT2D eigenvalue weighted by Crippen LogP contribution is -2.00. The molecular formula is C61H39N3O. The first-order valence-corrected chi connectivity index (χ1v) is 21.9. The zero-order valence-electron chi connectivity index (χ0n) is 35.3. The first-order chi connectivity index (χ1) is 32.2. The summed E-state index contributed by atoms with van der Waals surface area (Å²) in [5.74, 6) is 1.86. The highest BCUT2D eigenvalue weighted by atomic mass is 16.3. The molecule has 4 heteroatoms. The molecule has 0 aliphatic heterocycles. The normalized spacial score (nSPS) is 11.4. The van der Waals surface area contributed by atoms with Gasteiger partial charge in [0, 0.05) is 38.4 Å². The maximum absolute atomic E-state index is 6.71. The first kappa shape index (κ1) is 38.0. The van der Waals surface area contributed by atoms with Crippen LogP contribution in [0.3, 0.4) is 0 Å². The summed E-state index contributed by atoms with van der Waals surface area (Å²) in [4.78, 5) is 15.3. The average molecular weight is 830 g/mol. The molecule has 2 aromatic heterocycles. The van der Waals surface area contributed by atoms with Crippen molar-refractivity contribution in [3.63, 3.8) is 0 Å². The molecule has 0 atom stereocenters. The van der Waals surface area contributed by atoms with Gasteiger partial charge < -0.3 is 4.42 Å². The van der Waals surface area contributed by atoms with Crippen LogP contribution >= 0.6 is 0 Å². The summed E-state index contributed by atoms with van der Waals surface area (Å²) < 4.78 is 6.71. The maximum Gasteiger partial charge on any atom is 0.164 e. The number of nitrogens with zero attached hydrogens (tertiary/aromatic N) is 3. The lowest BCUT2D eigenvalue weighted by Gasteiger charge is -2.11. The number of furan rings is 1. The summed E-state index contributed by atoms with van der Waals surface area (Å²) in [5.41, 5.74) is 15.8. The SMILES string of the molecule is c1ccc(-c2ccc(-c3nc(-c4ccc(-c5ccccc5)cc4)nc(-c4cccc(-c5cccc(-c6cccc(-c7cccc8c7oc7c9ccccc9ccc87)c6)c5)c4)n3)cc2)cc1. The van der Waals surface area contributed by atoms with Crippen molar-refractivity contribution < 1.29 is 4.42 Å². The molecule has 0 unspecified atom stereocenters. The predicted octanol–water partition coefficient (Wildman–Crippen LogP) is 16.3. The maximum atomic E-state index is 6.71. The molecule has 10 aromatic carbocycles. The molecule has 0 aliphatic rings. The van der Waals surface area contributed by atoms with E-state index in [9.17, 15) is 0 Å². The lowest BCUT2D eigenvalue weighted by atomic mass is 9.95. The fourth-order valence-electron chi connectivity index (χ4n) is 8.98. The Balaban J connectivity index is 0.900. The minimum Gasteiger partial charge on any atom is -0.455 e. The first-order valence-electron chi connectivity index (χ1n) is 21.9. The molecule has 0 amide bonds. The molecule has 304 valence electrons. The van der Waals surface area contributed by atoms with E-state index in [1.54, 1.807) is 0 Å². The van der Waals surface area contributed by atoms with E-state index in [1.807, 2.05) is 12.1 Å². The molecule has 0 spiro atoms. The van der Waals surface area contributed by atoms with Crippen LogP contribution in [0.15, 0.2) is 241 Å². The van der Waals surface area contributed by atoms with Crippen molar-refractivity contribution in [1.82, 2.24) is 15.0 Å². The molecule has 0 aliphatic carbocycles. The Bertz CT molecular complexity index is 3590. The third kappa shape index (κ3) is 7.23. The molecule has 0 saturated heterocycles. The minimum absolute atomic E-state index is 0.614. The van der Waals surface area contributed by atoms with Gasteiger partial charge in [-0.3, -0.25) is 0 Å². The number of fused-ring (bicyclic) bond motifs is 5. The molecule has 4 nitrogen and oxygen atoms in total. The number of benzene rings is 10. The van der Waals surface area contributed by atoms with Crippen LogP contribution in [-0.2, 0) is 0 Å². The Morgan fingerprint density at radius 3 is 1.20 bits per heavy atom. The Labute approximate surface area is 376 Å². The summed E-state index contributed by atoms with van der Waals surface area (Å²) in [6.07, 6.45) is 0. The zero-order valence-corrected chi connectivity index (χ0v) is 35.3. The van der Waals surface area contributed by atoms with Gasteiger partial charge in [0.1, 0.15) is 11.2 Å². The van der Waals surface area contributed by atoms with Crippen LogP contribution in [0.1, 0.15) is 0 Å². The van der Waals surface area contributed by atoms with Crippen LogP contribution in [0.2, 0.25) is 0 Å². The lowest BCUT2D eigenvalue weighted by molar-refractivity contribution is 0.674. The van der Waals surface area contributed by atoms with E-state index in [0.717, 1.165) is 99.6 Å². The van der Waals surface area contributed by atoms with E-state index >= 15 is 0 Å². The number of hydrogen-bond acceptors (Lipinski definition) is 4. The van der Waals surface area contributed by atoms with Gasteiger partial charge in [-0.1, -0.05) is 212 Å². The van der Waals surface area contributed by atoms with Gasteiger partial charge in [0.2, 0.25) is 0 Å². The molecule has 65 heavy (non-hydrogen) atoms. The quantitative estimate of drug-likeness (QED) is 0.153. The van der Waals surface area contributed by atoms with Gasteiger partial charge in [-0.2, -0.15) is 0 Å². The van der Waals surface area contributed by atoms with E-state index in [-0.39, 0.29) is 0 Å². The predicted molar refractivity (Wildman–Crippen MR) is 268 cm³/mol. The molecule has 2 heterocycles. The molecule has 0 saturated carbocycles. The monoisotopic (exact) mass is 829 g/mol. The molecule has 0 radical (unpaired) electrons. The topological polar surface area (TPSA) is 51.8 Å². The van der Waals surface area contributed by atoms with E-state index in [4.69, 9.17) is 19.4 Å². The van der Waals surface area contributed by atoms with Crippen LogP contribution in [0.4, 0.5) is 0 Å². The molecule has 12 rings (SSSR count). The highest BCUT2D eigenvalue weighted by Gasteiger charge is 2.17. The Kier molecular flexibility index (Phi) is 9.46.